The Morgan fingerprint density at radius 3 is 2.36 bits per heavy atom. The molecule has 0 spiro atoms. The summed E-state index contributed by atoms with van der Waals surface area (Å²) in [6.45, 7) is 0. The van der Waals surface area contributed by atoms with Crippen LogP contribution in [0.5, 0.6) is 5.75 Å². The van der Waals surface area contributed by atoms with Crippen LogP contribution in [0.25, 0.3) is 0 Å². The van der Waals surface area contributed by atoms with Crippen LogP contribution < -0.4 is 0 Å². The Labute approximate surface area is 76.3 Å². The van der Waals surface area contributed by atoms with Gasteiger partial charge in [-0.3, -0.25) is 10.1 Å². The van der Waals surface area contributed by atoms with E-state index in [-0.39, 0.29) is 5.69 Å². The van der Waals surface area contributed by atoms with Gasteiger partial charge in [0.1, 0.15) is 5.69 Å². The van der Waals surface area contributed by atoms with Crippen molar-refractivity contribution in [1.82, 2.24) is 0 Å². The van der Waals surface area contributed by atoms with Crippen molar-refractivity contribution in [1.29, 1.82) is 0 Å². The monoisotopic (exact) mass is 197 g/mol. The minimum absolute atomic E-state index is 0.343. The molecule has 0 aliphatic heterocycles. The third-order valence-electron chi connectivity index (χ3n) is 1.45. The van der Waals surface area contributed by atoms with E-state index in [1.807, 2.05) is 0 Å². The number of hydrogen-bond acceptors (Lipinski definition) is 7. The van der Waals surface area contributed by atoms with Crippen molar-refractivity contribution in [2.24, 2.45) is 10.4 Å². The Balaban J connectivity index is 3.49. The van der Waals surface area contributed by atoms with E-state index in [0.717, 1.165) is 12.1 Å². The zero-order chi connectivity index (χ0) is 10.7. The quantitative estimate of drug-likeness (QED) is 0.451. The zero-order valence-corrected chi connectivity index (χ0v) is 6.58. The topological polar surface area (TPSA) is 122 Å². The molecule has 1 N–H and O–H groups in total. The maximum atomic E-state index is 10.3. The van der Waals surface area contributed by atoms with Crippen molar-refractivity contribution in [3.63, 3.8) is 0 Å². The average Bonchev–Trinajstić information content (AvgIpc) is 2.17. The van der Waals surface area contributed by atoms with Gasteiger partial charge in [0.05, 0.1) is 4.92 Å². The van der Waals surface area contributed by atoms with Crippen LogP contribution in [0.4, 0.5) is 17.1 Å². The van der Waals surface area contributed by atoms with Gasteiger partial charge in [0, 0.05) is 12.1 Å². The Kier molecular flexibility index (Phi) is 2.47. The first kappa shape index (κ1) is 9.71. The molecule has 1 aromatic rings. The molecule has 0 atom stereocenters. The molecule has 0 heterocycles. The van der Waals surface area contributed by atoms with Gasteiger partial charge in [0.2, 0.25) is 5.75 Å². The minimum atomic E-state index is -0.946. The van der Waals surface area contributed by atoms with Crippen molar-refractivity contribution in [2.75, 3.05) is 0 Å². The summed E-state index contributed by atoms with van der Waals surface area (Å²) in [5.41, 5.74) is -1.71. The number of phenols is 1. The summed E-state index contributed by atoms with van der Waals surface area (Å²) in [5, 5.41) is 24.1. The molecule has 8 nitrogen and oxygen atoms in total. The molecule has 0 saturated carbocycles. The average molecular weight is 197 g/mol. The van der Waals surface area contributed by atoms with Gasteiger partial charge < -0.3 is 5.11 Å². The van der Waals surface area contributed by atoms with Crippen molar-refractivity contribution in [3.8, 4) is 5.75 Å². The minimum Gasteiger partial charge on any atom is -0.501 e. The summed E-state index contributed by atoms with van der Waals surface area (Å²) >= 11 is 0. The molecular formula is C6H3N3O5. The first-order valence-corrected chi connectivity index (χ1v) is 3.28. The summed E-state index contributed by atoms with van der Waals surface area (Å²) in [6.07, 6.45) is 0. The number of nitroso groups, excluding NO2 is 2. The highest BCUT2D eigenvalue weighted by Gasteiger charge is 2.20. The van der Waals surface area contributed by atoms with Crippen molar-refractivity contribution < 1.29 is 10.0 Å². The highest BCUT2D eigenvalue weighted by Crippen LogP contribution is 2.39. The second-order valence-electron chi connectivity index (χ2n) is 2.27. The summed E-state index contributed by atoms with van der Waals surface area (Å²) in [4.78, 5) is 29.5. The maximum Gasteiger partial charge on any atom is 0.315 e. The van der Waals surface area contributed by atoms with Crippen LogP contribution in [0.15, 0.2) is 22.5 Å². The van der Waals surface area contributed by atoms with Crippen molar-refractivity contribution in [3.05, 3.63) is 32.1 Å². The standard InChI is InChI=1S/C6H3N3O5/c10-6-4(8-12)1-3(7-11)2-5(6)9(13)14/h1-2,10H. The lowest BCUT2D eigenvalue weighted by Crippen LogP contribution is -1.88. The van der Waals surface area contributed by atoms with E-state index in [0.29, 0.717) is 0 Å². The van der Waals surface area contributed by atoms with Gasteiger partial charge in [-0.05, 0) is 10.4 Å². The van der Waals surface area contributed by atoms with E-state index in [9.17, 15) is 19.9 Å². The maximum absolute atomic E-state index is 10.3. The molecular weight excluding hydrogens is 194 g/mol. The number of aromatic hydroxyl groups is 1. The summed E-state index contributed by atoms with van der Waals surface area (Å²) < 4.78 is 0. The van der Waals surface area contributed by atoms with Gasteiger partial charge in [-0.2, -0.15) is 0 Å². The Hall–Kier alpha value is -2.38. The fraction of sp³-hybridized carbons (Fsp3) is 0. The molecule has 8 heteroatoms. The van der Waals surface area contributed by atoms with Crippen LogP contribution in [-0.4, -0.2) is 10.0 Å². The molecule has 0 aromatic heterocycles. The number of hydrogen-bond donors (Lipinski definition) is 1. The van der Waals surface area contributed by atoms with Crippen LogP contribution in [0, 0.1) is 19.9 Å². The first-order chi connectivity index (χ1) is 6.60. The molecule has 0 saturated heterocycles. The molecule has 1 rings (SSSR count). The smallest absolute Gasteiger partial charge is 0.315 e. The van der Waals surface area contributed by atoms with Gasteiger partial charge in [-0.25, -0.2) is 0 Å². The fourth-order valence-electron chi connectivity index (χ4n) is 0.851. The Morgan fingerprint density at radius 2 is 1.93 bits per heavy atom. The highest BCUT2D eigenvalue weighted by molar-refractivity contribution is 5.68. The third-order valence-corrected chi connectivity index (χ3v) is 1.45. The van der Waals surface area contributed by atoms with E-state index in [2.05, 4.69) is 10.4 Å². The summed E-state index contributed by atoms with van der Waals surface area (Å²) in [6, 6.07) is 1.60. The lowest BCUT2D eigenvalue weighted by atomic mass is 10.2. The molecule has 0 aliphatic rings. The largest absolute Gasteiger partial charge is 0.501 e. The third kappa shape index (κ3) is 1.53. The van der Waals surface area contributed by atoms with Crippen LogP contribution in [0.2, 0.25) is 0 Å². The van der Waals surface area contributed by atoms with Crippen LogP contribution in [-0.2, 0) is 0 Å². The summed E-state index contributed by atoms with van der Waals surface area (Å²) in [7, 11) is 0. The molecule has 0 bridgehead atoms. The van der Waals surface area contributed by atoms with E-state index in [4.69, 9.17) is 5.11 Å². The second kappa shape index (κ2) is 3.56. The molecule has 0 fully saturated rings. The van der Waals surface area contributed by atoms with Crippen LogP contribution in [0.3, 0.4) is 0 Å². The number of nitrogens with zero attached hydrogens (tertiary/aromatic N) is 3. The van der Waals surface area contributed by atoms with Gasteiger partial charge in [-0.15, -0.1) is 9.81 Å². The number of rotatable bonds is 3. The first-order valence-electron chi connectivity index (χ1n) is 3.28. The molecule has 72 valence electrons. The van der Waals surface area contributed by atoms with Crippen molar-refractivity contribution in [2.45, 2.75) is 0 Å². The van der Waals surface area contributed by atoms with Crippen molar-refractivity contribution >= 4 is 17.1 Å². The SMILES string of the molecule is O=Nc1cc(N=O)c(O)c([N+](=O)[O-])c1. The predicted octanol–water partition coefficient (Wildman–Crippen LogP) is 2.10. The molecule has 0 unspecified atom stereocenters. The molecule has 0 radical (unpaired) electrons. The Bertz CT molecular complexity index is 416. The highest BCUT2D eigenvalue weighted by atomic mass is 16.6. The van der Waals surface area contributed by atoms with Crippen LogP contribution >= 0.6 is 0 Å². The summed E-state index contributed by atoms with van der Waals surface area (Å²) in [5.74, 6) is -0.877. The molecule has 1 aromatic carbocycles. The second-order valence-corrected chi connectivity index (χ2v) is 2.27. The van der Waals surface area contributed by atoms with E-state index >= 15 is 0 Å². The lowest BCUT2D eigenvalue weighted by Gasteiger charge is -1.97. The van der Waals surface area contributed by atoms with Gasteiger partial charge in [-0.1, -0.05) is 0 Å². The number of benzene rings is 1. The molecule has 14 heavy (non-hydrogen) atoms. The Morgan fingerprint density at radius 1 is 1.29 bits per heavy atom. The number of nitro benzene ring substituents is 1. The zero-order valence-electron chi connectivity index (χ0n) is 6.58. The molecule has 0 aliphatic carbocycles. The molecule has 0 amide bonds. The fourth-order valence-corrected chi connectivity index (χ4v) is 0.851. The van der Waals surface area contributed by atoms with E-state index < -0.39 is 22.0 Å². The van der Waals surface area contributed by atoms with Crippen LogP contribution in [0.1, 0.15) is 0 Å². The van der Waals surface area contributed by atoms with Gasteiger partial charge >= 0.3 is 5.69 Å². The normalized spacial score (nSPS) is 9.43. The number of phenolic OH excluding ortho intramolecular Hbond substituents is 1. The lowest BCUT2D eigenvalue weighted by molar-refractivity contribution is -0.385. The van der Waals surface area contributed by atoms with Gasteiger partial charge in [0.15, 0.2) is 5.69 Å². The van der Waals surface area contributed by atoms with E-state index in [1.165, 1.54) is 0 Å². The number of nitro groups is 1. The van der Waals surface area contributed by atoms with E-state index in [1.54, 1.807) is 0 Å². The van der Waals surface area contributed by atoms with Gasteiger partial charge in [0.25, 0.3) is 0 Å². The predicted molar refractivity (Wildman–Crippen MR) is 45.7 cm³/mol.